The second-order valence-electron chi connectivity index (χ2n) is 6.67. The van der Waals surface area contributed by atoms with E-state index in [2.05, 4.69) is 0 Å². The summed E-state index contributed by atoms with van der Waals surface area (Å²) < 4.78 is 76.8. The lowest BCUT2D eigenvalue weighted by Gasteiger charge is -2.23. The largest absolute Gasteiger partial charge is 0.497 e. The second-order valence-corrected chi connectivity index (χ2v) is 8.53. The Morgan fingerprint density at radius 2 is 1.80 bits per heavy atom. The summed E-state index contributed by atoms with van der Waals surface area (Å²) in [6.07, 6.45) is -5.03. The van der Waals surface area contributed by atoms with Crippen molar-refractivity contribution >= 4 is 16.0 Å². The van der Waals surface area contributed by atoms with E-state index in [1.165, 1.54) is 7.11 Å². The summed E-state index contributed by atoms with van der Waals surface area (Å²) in [5.74, 6) is -0.119. The van der Waals surface area contributed by atoms with Crippen molar-refractivity contribution in [3.63, 3.8) is 0 Å². The average Bonchev–Trinajstić information content (AvgIpc) is 2.89. The molecule has 0 spiro atoms. The summed E-state index contributed by atoms with van der Waals surface area (Å²) in [5, 5.41) is 0. The predicted octanol–water partition coefficient (Wildman–Crippen LogP) is 3.91. The lowest BCUT2D eigenvalue weighted by Crippen LogP contribution is -2.29. The zero-order valence-corrected chi connectivity index (χ0v) is 17.1. The van der Waals surface area contributed by atoms with Crippen LogP contribution < -0.4 is 4.74 Å². The third-order valence-corrected chi connectivity index (χ3v) is 6.72. The van der Waals surface area contributed by atoms with E-state index >= 15 is 0 Å². The molecule has 2 aromatic rings. The van der Waals surface area contributed by atoms with Gasteiger partial charge in [-0.3, -0.25) is 4.79 Å². The maximum absolute atomic E-state index is 13.2. The van der Waals surface area contributed by atoms with Gasteiger partial charge in [0.25, 0.3) is 0 Å². The lowest BCUT2D eigenvalue weighted by molar-refractivity contribution is -0.144. The van der Waals surface area contributed by atoms with Crippen LogP contribution in [-0.4, -0.2) is 32.4 Å². The Hall–Kier alpha value is -2.59. The molecule has 0 radical (unpaired) electrons. The third-order valence-electron chi connectivity index (χ3n) is 4.79. The number of nitrogens with zero attached hydrogens (tertiary/aromatic N) is 1. The van der Waals surface area contributed by atoms with Crippen LogP contribution in [0, 0.1) is 0 Å². The van der Waals surface area contributed by atoms with Gasteiger partial charge in [-0.1, -0.05) is 12.1 Å². The first-order chi connectivity index (χ1) is 14.1. The summed E-state index contributed by atoms with van der Waals surface area (Å²) >= 11 is 0. The highest BCUT2D eigenvalue weighted by atomic mass is 32.2. The molecule has 0 N–H and O–H groups in total. The SMILES string of the molecule is CCOC(=O)C[C@H]1c2cc(C(F)(F)F)ccc2S(=O)(=O)N1Cc1ccc(OC)cc1. The summed E-state index contributed by atoms with van der Waals surface area (Å²) in [4.78, 5) is 11.9. The van der Waals surface area contributed by atoms with Crippen molar-refractivity contribution in [1.29, 1.82) is 0 Å². The molecule has 3 rings (SSSR count). The minimum atomic E-state index is -4.64. The number of alkyl halides is 3. The number of hydrogen-bond donors (Lipinski definition) is 0. The van der Waals surface area contributed by atoms with Crippen LogP contribution in [0.25, 0.3) is 0 Å². The van der Waals surface area contributed by atoms with Crippen molar-refractivity contribution in [2.45, 2.75) is 37.0 Å². The minimum absolute atomic E-state index is 0.0635. The molecule has 0 unspecified atom stereocenters. The Kier molecular flexibility index (Phi) is 6.09. The van der Waals surface area contributed by atoms with Gasteiger partial charge in [0, 0.05) is 6.54 Å². The van der Waals surface area contributed by atoms with E-state index in [1.807, 2.05) is 0 Å². The van der Waals surface area contributed by atoms with Gasteiger partial charge in [-0.2, -0.15) is 17.5 Å². The van der Waals surface area contributed by atoms with Crippen LogP contribution in [0.15, 0.2) is 47.4 Å². The fraction of sp³-hybridized carbons (Fsp3) is 0.350. The number of benzene rings is 2. The molecule has 0 bridgehead atoms. The van der Waals surface area contributed by atoms with Gasteiger partial charge in [-0.25, -0.2) is 8.42 Å². The molecule has 6 nitrogen and oxygen atoms in total. The topological polar surface area (TPSA) is 72.9 Å². The van der Waals surface area contributed by atoms with Gasteiger partial charge >= 0.3 is 12.1 Å². The van der Waals surface area contributed by atoms with Crippen LogP contribution in [0.3, 0.4) is 0 Å². The molecule has 0 amide bonds. The standard InChI is InChI=1S/C20H20F3NO5S/c1-3-29-19(25)11-17-16-10-14(20(21,22)23)6-9-18(16)30(26,27)24(17)12-13-4-7-15(28-2)8-5-13/h4-10,17H,3,11-12H2,1-2H3/t17-/m0/s1. The second kappa shape index (κ2) is 8.27. The van der Waals surface area contributed by atoms with Gasteiger partial charge in [-0.15, -0.1) is 0 Å². The number of hydrogen-bond acceptors (Lipinski definition) is 5. The number of carbonyl (C=O) groups is 1. The minimum Gasteiger partial charge on any atom is -0.497 e. The molecule has 0 saturated heterocycles. The van der Waals surface area contributed by atoms with Crippen LogP contribution in [0.2, 0.25) is 0 Å². The van der Waals surface area contributed by atoms with Crippen molar-refractivity contribution in [2.75, 3.05) is 13.7 Å². The van der Waals surface area contributed by atoms with Crippen LogP contribution in [0.1, 0.15) is 36.1 Å². The molecular formula is C20H20F3NO5S. The third kappa shape index (κ3) is 4.29. The highest BCUT2D eigenvalue weighted by Crippen LogP contribution is 2.44. The first kappa shape index (κ1) is 22.1. The van der Waals surface area contributed by atoms with Crippen molar-refractivity contribution in [3.8, 4) is 5.75 Å². The molecule has 1 atom stereocenters. The smallest absolute Gasteiger partial charge is 0.416 e. The Morgan fingerprint density at radius 3 is 2.37 bits per heavy atom. The highest BCUT2D eigenvalue weighted by molar-refractivity contribution is 7.89. The van der Waals surface area contributed by atoms with Gasteiger partial charge < -0.3 is 9.47 Å². The molecule has 162 valence electrons. The van der Waals surface area contributed by atoms with E-state index in [-0.39, 0.29) is 23.6 Å². The number of esters is 1. The fourth-order valence-corrected chi connectivity index (χ4v) is 5.19. The van der Waals surface area contributed by atoms with Gasteiger partial charge in [0.2, 0.25) is 10.0 Å². The maximum atomic E-state index is 13.2. The molecule has 0 fully saturated rings. The van der Waals surface area contributed by atoms with Gasteiger partial charge in [0.15, 0.2) is 0 Å². The monoisotopic (exact) mass is 443 g/mol. The van der Waals surface area contributed by atoms with Crippen molar-refractivity contribution < 1.29 is 35.9 Å². The number of rotatable bonds is 6. The van der Waals surface area contributed by atoms with E-state index < -0.39 is 40.2 Å². The average molecular weight is 443 g/mol. The van der Waals surface area contributed by atoms with Crippen molar-refractivity contribution in [3.05, 3.63) is 59.2 Å². The Bertz CT molecular complexity index is 1040. The molecular weight excluding hydrogens is 423 g/mol. The predicted molar refractivity (Wildman–Crippen MR) is 101 cm³/mol. The quantitative estimate of drug-likeness (QED) is 0.633. The first-order valence-corrected chi connectivity index (χ1v) is 10.5. The molecule has 1 heterocycles. The molecule has 1 aliphatic rings. The maximum Gasteiger partial charge on any atom is 0.416 e. The summed E-state index contributed by atoms with van der Waals surface area (Å²) in [7, 11) is -2.62. The molecule has 0 saturated carbocycles. The van der Waals surface area contributed by atoms with Crippen molar-refractivity contribution in [1.82, 2.24) is 4.31 Å². The Morgan fingerprint density at radius 1 is 1.13 bits per heavy atom. The number of ether oxygens (including phenoxy) is 2. The molecule has 30 heavy (non-hydrogen) atoms. The van der Waals surface area contributed by atoms with Crippen LogP contribution in [0.5, 0.6) is 5.75 Å². The van der Waals surface area contributed by atoms with Crippen LogP contribution >= 0.6 is 0 Å². The number of fused-ring (bicyclic) bond motifs is 1. The van der Waals surface area contributed by atoms with E-state index in [1.54, 1.807) is 31.2 Å². The number of halogens is 3. The summed E-state index contributed by atoms with van der Waals surface area (Å²) in [5.41, 5.74) is -0.444. The van der Waals surface area contributed by atoms with E-state index in [0.29, 0.717) is 11.3 Å². The van der Waals surface area contributed by atoms with Gasteiger partial charge in [-0.05, 0) is 48.4 Å². The fourth-order valence-electron chi connectivity index (χ4n) is 3.36. The molecule has 1 aliphatic heterocycles. The normalized spacial score (nSPS) is 18.1. The zero-order valence-electron chi connectivity index (χ0n) is 16.3. The van der Waals surface area contributed by atoms with Crippen molar-refractivity contribution in [2.24, 2.45) is 0 Å². The van der Waals surface area contributed by atoms with E-state index in [4.69, 9.17) is 9.47 Å². The molecule has 0 aliphatic carbocycles. The van der Waals surface area contributed by atoms with E-state index in [0.717, 1.165) is 22.5 Å². The zero-order chi connectivity index (χ0) is 22.1. The van der Waals surface area contributed by atoms with Gasteiger partial charge in [0.1, 0.15) is 5.75 Å². The molecule has 10 heteroatoms. The number of sulfonamides is 1. The Labute approximate surface area is 172 Å². The lowest BCUT2D eigenvalue weighted by atomic mass is 10.0. The molecule has 2 aromatic carbocycles. The summed E-state index contributed by atoms with van der Waals surface area (Å²) in [6, 6.07) is 7.97. The van der Waals surface area contributed by atoms with E-state index in [9.17, 15) is 26.4 Å². The number of methoxy groups -OCH3 is 1. The van der Waals surface area contributed by atoms with Crippen LogP contribution in [0.4, 0.5) is 13.2 Å². The molecule has 0 aromatic heterocycles. The number of carbonyl (C=O) groups excluding carboxylic acids is 1. The summed E-state index contributed by atoms with van der Waals surface area (Å²) in [6.45, 7) is 1.55. The Balaban J connectivity index is 2.05. The first-order valence-electron chi connectivity index (χ1n) is 9.09. The highest BCUT2D eigenvalue weighted by Gasteiger charge is 2.45. The van der Waals surface area contributed by atoms with Crippen LogP contribution in [-0.2, 0) is 32.3 Å². The van der Waals surface area contributed by atoms with Gasteiger partial charge in [0.05, 0.1) is 36.6 Å².